The summed E-state index contributed by atoms with van der Waals surface area (Å²) >= 11 is 0. The molecule has 0 radical (unpaired) electrons. The summed E-state index contributed by atoms with van der Waals surface area (Å²) in [6.45, 7) is 4.21. The molecule has 1 amide bonds. The first-order chi connectivity index (χ1) is 16.6. The molecule has 0 bridgehead atoms. The van der Waals surface area contributed by atoms with Crippen LogP contribution in [0.1, 0.15) is 29.7 Å². The number of nitrogens with zero attached hydrogens (tertiary/aromatic N) is 4. The summed E-state index contributed by atoms with van der Waals surface area (Å²) in [5, 5.41) is 18.3. The maximum absolute atomic E-state index is 13.6. The van der Waals surface area contributed by atoms with Crippen LogP contribution < -0.4 is 15.4 Å². The van der Waals surface area contributed by atoms with E-state index in [1.807, 2.05) is 92.7 Å². The molecule has 8 nitrogen and oxygen atoms in total. The first-order valence-electron chi connectivity index (χ1n) is 11.0. The Balaban J connectivity index is 1.53. The quantitative estimate of drug-likeness (QED) is 0.448. The van der Waals surface area contributed by atoms with E-state index in [2.05, 4.69) is 26.2 Å². The predicted octanol–water partition coefficient (Wildman–Crippen LogP) is 4.49. The van der Waals surface area contributed by atoms with Gasteiger partial charge in [-0.25, -0.2) is 0 Å². The summed E-state index contributed by atoms with van der Waals surface area (Å²) in [5.41, 5.74) is 4.76. The van der Waals surface area contributed by atoms with Gasteiger partial charge in [0.25, 0.3) is 5.91 Å². The van der Waals surface area contributed by atoms with E-state index in [-0.39, 0.29) is 5.91 Å². The molecule has 0 saturated carbocycles. The van der Waals surface area contributed by atoms with Gasteiger partial charge in [0.05, 0.1) is 5.57 Å². The molecule has 4 aromatic rings. The summed E-state index contributed by atoms with van der Waals surface area (Å²) in [7, 11) is 0. The van der Waals surface area contributed by atoms with Crippen LogP contribution in [0.15, 0.2) is 90.1 Å². The number of rotatable bonds is 6. The Labute approximate surface area is 197 Å². The van der Waals surface area contributed by atoms with Gasteiger partial charge in [0.2, 0.25) is 5.95 Å². The average molecular weight is 453 g/mol. The second-order valence-corrected chi connectivity index (χ2v) is 8.09. The molecule has 170 valence electrons. The van der Waals surface area contributed by atoms with E-state index in [9.17, 15) is 4.79 Å². The normalized spacial score (nSPS) is 14.8. The SMILES string of the molecule is CC1=C(C(=O)Nc2ccccc2C)[C@@H](c2ccccc2OCc2ccccc2)n2nnnc2N1. The van der Waals surface area contributed by atoms with E-state index in [4.69, 9.17) is 4.74 Å². The minimum atomic E-state index is -0.567. The van der Waals surface area contributed by atoms with Crippen molar-refractivity contribution in [2.45, 2.75) is 26.5 Å². The topological polar surface area (TPSA) is 94.0 Å². The average Bonchev–Trinajstić information content (AvgIpc) is 3.32. The molecule has 1 aliphatic heterocycles. The van der Waals surface area contributed by atoms with Crippen LogP contribution >= 0.6 is 0 Å². The number of tetrazole rings is 1. The van der Waals surface area contributed by atoms with Crippen molar-refractivity contribution >= 4 is 17.5 Å². The Hall–Kier alpha value is -4.46. The molecule has 0 fully saturated rings. The number of carbonyl (C=O) groups is 1. The lowest BCUT2D eigenvalue weighted by Crippen LogP contribution is -2.32. The molecule has 1 aliphatic rings. The molecule has 8 heteroatoms. The lowest BCUT2D eigenvalue weighted by atomic mass is 9.94. The van der Waals surface area contributed by atoms with Gasteiger partial charge in [-0.05, 0) is 47.5 Å². The zero-order valence-electron chi connectivity index (χ0n) is 18.9. The summed E-state index contributed by atoms with van der Waals surface area (Å²) in [5.74, 6) is 0.893. The Morgan fingerprint density at radius 2 is 1.74 bits per heavy atom. The predicted molar refractivity (Wildman–Crippen MR) is 129 cm³/mol. The fourth-order valence-electron chi connectivity index (χ4n) is 4.07. The fourth-order valence-corrected chi connectivity index (χ4v) is 4.07. The van der Waals surface area contributed by atoms with Crippen LogP contribution in [0, 0.1) is 6.92 Å². The van der Waals surface area contributed by atoms with Crippen LogP contribution in [0.2, 0.25) is 0 Å². The highest BCUT2D eigenvalue weighted by Gasteiger charge is 2.35. The second-order valence-electron chi connectivity index (χ2n) is 8.09. The number of anilines is 2. The first kappa shape index (κ1) is 21.4. The molecule has 3 aromatic carbocycles. The summed E-state index contributed by atoms with van der Waals surface area (Å²) in [6.07, 6.45) is 0. The number of ether oxygens (including phenoxy) is 1. The number of aryl methyl sites for hydroxylation is 1. The van der Waals surface area contributed by atoms with Crippen LogP contribution in [0.4, 0.5) is 11.6 Å². The van der Waals surface area contributed by atoms with Gasteiger partial charge < -0.3 is 15.4 Å². The zero-order valence-corrected chi connectivity index (χ0v) is 18.9. The standard InChI is InChI=1S/C26H24N6O2/c1-17-10-6-8-14-21(17)28-25(33)23-18(2)27-26-29-30-31-32(26)24(23)20-13-7-9-15-22(20)34-16-19-11-4-3-5-12-19/h3-15,24H,16H2,1-2H3,(H,28,33)(H,27,29,31)/t24-/m1/s1. The molecule has 0 spiro atoms. The van der Waals surface area contributed by atoms with E-state index in [1.54, 1.807) is 4.68 Å². The molecule has 0 saturated heterocycles. The van der Waals surface area contributed by atoms with Crippen LogP contribution in [-0.2, 0) is 11.4 Å². The Morgan fingerprint density at radius 3 is 2.56 bits per heavy atom. The maximum Gasteiger partial charge on any atom is 0.255 e. The number of fused-ring (bicyclic) bond motifs is 1. The lowest BCUT2D eigenvalue weighted by Gasteiger charge is -2.29. The van der Waals surface area contributed by atoms with E-state index in [0.717, 1.165) is 22.4 Å². The number of nitrogens with one attached hydrogen (secondary N) is 2. The van der Waals surface area contributed by atoms with Gasteiger partial charge in [-0.2, -0.15) is 4.68 Å². The molecule has 0 unspecified atom stereocenters. The largest absolute Gasteiger partial charge is 0.489 e. The molecule has 5 rings (SSSR count). The van der Waals surface area contributed by atoms with E-state index in [1.165, 1.54) is 0 Å². The van der Waals surface area contributed by atoms with E-state index < -0.39 is 6.04 Å². The van der Waals surface area contributed by atoms with Crippen LogP contribution in [0.5, 0.6) is 5.75 Å². The highest BCUT2D eigenvalue weighted by atomic mass is 16.5. The van der Waals surface area contributed by atoms with Crippen molar-refractivity contribution < 1.29 is 9.53 Å². The van der Waals surface area contributed by atoms with Crippen molar-refractivity contribution in [3.8, 4) is 5.75 Å². The highest BCUT2D eigenvalue weighted by molar-refractivity contribution is 6.06. The number of allylic oxidation sites excluding steroid dienone is 1. The summed E-state index contributed by atoms with van der Waals surface area (Å²) < 4.78 is 7.83. The van der Waals surface area contributed by atoms with E-state index >= 15 is 0 Å². The Morgan fingerprint density at radius 1 is 1.00 bits per heavy atom. The van der Waals surface area contributed by atoms with Gasteiger partial charge in [0.1, 0.15) is 18.4 Å². The molecular weight excluding hydrogens is 428 g/mol. The highest BCUT2D eigenvalue weighted by Crippen LogP contribution is 2.39. The minimum Gasteiger partial charge on any atom is -0.489 e. The third-order valence-electron chi connectivity index (χ3n) is 5.80. The second kappa shape index (κ2) is 9.19. The fraction of sp³-hybridized carbons (Fsp3) is 0.154. The van der Waals surface area contributed by atoms with E-state index in [0.29, 0.717) is 29.6 Å². The molecule has 1 aromatic heterocycles. The van der Waals surface area contributed by atoms with Crippen LogP contribution in [-0.4, -0.2) is 26.1 Å². The van der Waals surface area contributed by atoms with Gasteiger partial charge in [0, 0.05) is 16.9 Å². The number of hydrogen-bond donors (Lipinski definition) is 2. The third kappa shape index (κ3) is 4.13. The van der Waals surface area contributed by atoms with Gasteiger partial charge in [0.15, 0.2) is 0 Å². The van der Waals surface area contributed by atoms with Gasteiger partial charge in [-0.3, -0.25) is 4.79 Å². The molecule has 1 atom stereocenters. The smallest absolute Gasteiger partial charge is 0.255 e. The number of aromatic nitrogens is 4. The van der Waals surface area contributed by atoms with Gasteiger partial charge in [-0.15, -0.1) is 0 Å². The third-order valence-corrected chi connectivity index (χ3v) is 5.80. The molecule has 2 heterocycles. The Bertz CT molecular complexity index is 1360. The monoisotopic (exact) mass is 452 g/mol. The molecule has 34 heavy (non-hydrogen) atoms. The lowest BCUT2D eigenvalue weighted by molar-refractivity contribution is -0.113. The van der Waals surface area contributed by atoms with Gasteiger partial charge in [-0.1, -0.05) is 71.8 Å². The minimum absolute atomic E-state index is 0.233. The van der Waals surface area contributed by atoms with Gasteiger partial charge >= 0.3 is 0 Å². The molecule has 0 aliphatic carbocycles. The molecular formula is C26H24N6O2. The number of hydrogen-bond acceptors (Lipinski definition) is 6. The van der Waals surface area contributed by atoms with Crippen molar-refractivity contribution in [1.82, 2.24) is 20.2 Å². The number of para-hydroxylation sites is 2. The zero-order chi connectivity index (χ0) is 23.5. The van der Waals surface area contributed by atoms with Crippen molar-refractivity contribution in [3.05, 3.63) is 107 Å². The number of benzene rings is 3. The Kier molecular flexibility index (Phi) is 5.78. The maximum atomic E-state index is 13.6. The first-order valence-corrected chi connectivity index (χ1v) is 11.0. The van der Waals surface area contributed by atoms with Crippen molar-refractivity contribution in [3.63, 3.8) is 0 Å². The number of amides is 1. The van der Waals surface area contributed by atoms with Crippen LogP contribution in [0.3, 0.4) is 0 Å². The van der Waals surface area contributed by atoms with Crippen molar-refractivity contribution in [2.24, 2.45) is 0 Å². The molecule has 2 N–H and O–H groups in total. The number of carbonyl (C=O) groups excluding carboxylic acids is 1. The summed E-state index contributed by atoms with van der Waals surface area (Å²) in [4.78, 5) is 13.6. The summed E-state index contributed by atoms with van der Waals surface area (Å²) in [6, 6.07) is 24.7. The van der Waals surface area contributed by atoms with Crippen molar-refractivity contribution in [1.29, 1.82) is 0 Å². The van der Waals surface area contributed by atoms with Crippen LogP contribution in [0.25, 0.3) is 0 Å². The van der Waals surface area contributed by atoms with Crippen molar-refractivity contribution in [2.75, 3.05) is 10.6 Å².